The third-order valence-corrected chi connectivity index (χ3v) is 5.76. The molecule has 0 unspecified atom stereocenters. The van der Waals surface area contributed by atoms with E-state index in [1.54, 1.807) is 0 Å². The van der Waals surface area contributed by atoms with Crippen LogP contribution in [-0.2, 0) is 6.42 Å². The van der Waals surface area contributed by atoms with Gasteiger partial charge in [-0.15, -0.1) is 0 Å². The first-order chi connectivity index (χ1) is 8.63. The summed E-state index contributed by atoms with van der Waals surface area (Å²) in [5.41, 5.74) is 7.40. The number of aromatic nitrogens is 1. The topological polar surface area (TPSA) is 52.0 Å². The molecule has 5 rings (SSSR count). The van der Waals surface area contributed by atoms with Crippen LogP contribution in [0.15, 0.2) is 4.52 Å². The normalized spacial score (nSPS) is 41.5. The van der Waals surface area contributed by atoms with Crippen molar-refractivity contribution in [1.29, 1.82) is 0 Å². The van der Waals surface area contributed by atoms with E-state index in [1.807, 2.05) is 6.92 Å². The first-order valence-corrected chi connectivity index (χ1v) is 7.34. The fraction of sp³-hybridized carbons (Fsp3) is 0.800. The van der Waals surface area contributed by atoms with E-state index < -0.39 is 0 Å². The number of hydrogen-bond acceptors (Lipinski definition) is 3. The van der Waals surface area contributed by atoms with E-state index in [0.717, 1.165) is 35.5 Å². The Morgan fingerprint density at radius 2 is 1.72 bits per heavy atom. The lowest BCUT2D eigenvalue weighted by atomic mass is 9.48. The van der Waals surface area contributed by atoms with Gasteiger partial charge in [0.2, 0.25) is 0 Å². The van der Waals surface area contributed by atoms with Gasteiger partial charge in [-0.25, -0.2) is 0 Å². The first-order valence-electron chi connectivity index (χ1n) is 7.34. The summed E-state index contributed by atoms with van der Waals surface area (Å²) in [6.45, 7) is 2.04. The Morgan fingerprint density at radius 3 is 2.17 bits per heavy atom. The molecule has 1 heterocycles. The highest BCUT2D eigenvalue weighted by Crippen LogP contribution is 2.61. The van der Waals surface area contributed by atoms with Gasteiger partial charge >= 0.3 is 0 Å². The van der Waals surface area contributed by atoms with Gasteiger partial charge in [-0.3, -0.25) is 0 Å². The predicted octanol–water partition coefficient (Wildman–Crippen LogP) is 3.32. The number of nitrogens with two attached hydrogens (primary N) is 1. The van der Waals surface area contributed by atoms with E-state index in [-0.39, 0.29) is 0 Å². The van der Waals surface area contributed by atoms with Crippen molar-refractivity contribution in [3.8, 4) is 0 Å². The highest BCUT2D eigenvalue weighted by atomic mass is 16.5. The zero-order chi connectivity index (χ0) is 12.3. The number of hydrogen-bond donors (Lipinski definition) is 1. The van der Waals surface area contributed by atoms with Crippen LogP contribution in [0.1, 0.15) is 49.8 Å². The number of anilines is 1. The van der Waals surface area contributed by atoms with E-state index in [0.29, 0.717) is 11.2 Å². The Bertz CT molecular complexity index is 442. The summed E-state index contributed by atoms with van der Waals surface area (Å²) in [4.78, 5) is 0. The fourth-order valence-electron chi connectivity index (χ4n) is 5.40. The number of nitrogen functional groups attached to an aromatic ring is 1. The summed E-state index contributed by atoms with van der Waals surface area (Å²) in [6, 6.07) is 0. The maximum Gasteiger partial charge on any atom is 0.169 e. The van der Waals surface area contributed by atoms with Gasteiger partial charge in [-0.2, -0.15) is 0 Å². The molecule has 0 amide bonds. The molecule has 0 saturated heterocycles. The lowest BCUT2D eigenvalue weighted by Gasteiger charge is -2.56. The summed E-state index contributed by atoms with van der Waals surface area (Å²) in [5, 5.41) is 3.92. The molecule has 0 radical (unpaired) electrons. The van der Waals surface area contributed by atoms with Crippen molar-refractivity contribution in [1.82, 2.24) is 5.16 Å². The largest absolute Gasteiger partial charge is 0.381 e. The molecule has 0 spiro atoms. The van der Waals surface area contributed by atoms with Gasteiger partial charge in [-0.05, 0) is 68.6 Å². The molecule has 1 aromatic rings. The Kier molecular flexibility index (Phi) is 2.13. The van der Waals surface area contributed by atoms with Crippen molar-refractivity contribution in [3.63, 3.8) is 0 Å². The molecule has 0 atom stereocenters. The molecule has 18 heavy (non-hydrogen) atoms. The van der Waals surface area contributed by atoms with E-state index in [2.05, 4.69) is 5.16 Å². The average molecular weight is 246 g/mol. The molecular weight excluding hydrogens is 224 g/mol. The summed E-state index contributed by atoms with van der Waals surface area (Å²) in [6.07, 6.45) is 9.81. The first kappa shape index (κ1) is 10.9. The molecule has 4 saturated carbocycles. The molecular formula is C15H22N2O. The van der Waals surface area contributed by atoms with Gasteiger partial charge in [0, 0.05) is 12.0 Å². The Morgan fingerprint density at radius 1 is 1.17 bits per heavy atom. The van der Waals surface area contributed by atoms with Crippen LogP contribution >= 0.6 is 0 Å². The summed E-state index contributed by atoms with van der Waals surface area (Å²) >= 11 is 0. The monoisotopic (exact) mass is 246 g/mol. The van der Waals surface area contributed by atoms with E-state index in [9.17, 15) is 0 Å². The van der Waals surface area contributed by atoms with Gasteiger partial charge in [-0.1, -0.05) is 5.16 Å². The van der Waals surface area contributed by atoms with Gasteiger partial charge in [0.05, 0.1) is 0 Å². The molecule has 3 nitrogen and oxygen atoms in total. The molecule has 4 fully saturated rings. The van der Waals surface area contributed by atoms with E-state index in [4.69, 9.17) is 10.3 Å². The Balaban J connectivity index is 1.62. The molecule has 98 valence electrons. The zero-order valence-corrected chi connectivity index (χ0v) is 11.1. The molecule has 1 aromatic heterocycles. The average Bonchev–Trinajstić information content (AvgIpc) is 2.58. The second-order valence-corrected chi connectivity index (χ2v) is 7.21. The van der Waals surface area contributed by atoms with Crippen LogP contribution < -0.4 is 5.73 Å². The van der Waals surface area contributed by atoms with Crippen molar-refractivity contribution in [2.75, 3.05) is 5.73 Å². The summed E-state index contributed by atoms with van der Waals surface area (Å²) in [7, 11) is 0. The number of nitrogens with zero attached hydrogens (tertiary/aromatic N) is 1. The van der Waals surface area contributed by atoms with Gasteiger partial charge in [0.15, 0.2) is 5.82 Å². The fourth-order valence-corrected chi connectivity index (χ4v) is 5.40. The Labute approximate surface area is 108 Å². The maximum absolute atomic E-state index is 5.80. The quantitative estimate of drug-likeness (QED) is 0.870. The van der Waals surface area contributed by atoms with Crippen molar-refractivity contribution >= 4 is 5.82 Å². The van der Waals surface area contributed by atoms with Gasteiger partial charge < -0.3 is 10.3 Å². The summed E-state index contributed by atoms with van der Waals surface area (Å²) in [5.74, 6) is 4.62. The van der Waals surface area contributed by atoms with Crippen LogP contribution in [0, 0.1) is 30.1 Å². The number of rotatable bonds is 2. The minimum Gasteiger partial charge on any atom is -0.381 e. The lowest BCUT2D eigenvalue weighted by Crippen LogP contribution is -2.47. The molecule has 4 bridgehead atoms. The highest BCUT2D eigenvalue weighted by Gasteiger charge is 2.51. The van der Waals surface area contributed by atoms with E-state index in [1.165, 1.54) is 38.5 Å². The lowest BCUT2D eigenvalue weighted by molar-refractivity contribution is -0.0550. The van der Waals surface area contributed by atoms with Gasteiger partial charge in [0.1, 0.15) is 5.76 Å². The van der Waals surface area contributed by atoms with Crippen LogP contribution in [0.2, 0.25) is 0 Å². The van der Waals surface area contributed by atoms with Crippen LogP contribution in [0.3, 0.4) is 0 Å². The van der Waals surface area contributed by atoms with Gasteiger partial charge in [0.25, 0.3) is 0 Å². The van der Waals surface area contributed by atoms with Crippen LogP contribution in [0.5, 0.6) is 0 Å². The molecule has 4 aliphatic rings. The van der Waals surface area contributed by atoms with Crippen LogP contribution in [-0.4, -0.2) is 5.16 Å². The Hall–Kier alpha value is -0.990. The molecule has 0 aliphatic heterocycles. The summed E-state index contributed by atoms with van der Waals surface area (Å²) < 4.78 is 5.46. The molecule has 0 aromatic carbocycles. The minimum absolute atomic E-state index is 0.519. The molecule has 3 heteroatoms. The second kappa shape index (κ2) is 3.52. The molecule has 4 aliphatic carbocycles. The predicted molar refractivity (Wildman–Crippen MR) is 70.0 cm³/mol. The van der Waals surface area contributed by atoms with E-state index >= 15 is 0 Å². The minimum atomic E-state index is 0.519. The zero-order valence-electron chi connectivity index (χ0n) is 11.1. The van der Waals surface area contributed by atoms with Crippen molar-refractivity contribution in [2.45, 2.75) is 51.9 Å². The van der Waals surface area contributed by atoms with Crippen molar-refractivity contribution in [2.24, 2.45) is 23.2 Å². The third-order valence-electron chi connectivity index (χ3n) is 5.76. The standard InChI is InChI=1S/C15H22N2O/c1-9-13(18-17-14(9)16)8-15-5-10-2-11(6-15)4-12(3-10)7-15/h10-12H,2-8H2,1H3,(H2,16,17). The highest BCUT2D eigenvalue weighted by molar-refractivity contribution is 5.39. The molecule has 2 N–H and O–H groups in total. The van der Waals surface area contributed by atoms with Crippen LogP contribution in [0.4, 0.5) is 5.82 Å². The smallest absolute Gasteiger partial charge is 0.169 e. The maximum atomic E-state index is 5.80. The van der Waals surface area contributed by atoms with Crippen molar-refractivity contribution < 1.29 is 4.52 Å². The SMILES string of the molecule is Cc1c(N)noc1CC12CC3CC(CC(C3)C1)C2. The third kappa shape index (κ3) is 1.52. The second-order valence-electron chi connectivity index (χ2n) is 7.21. The van der Waals surface area contributed by atoms with Crippen molar-refractivity contribution in [3.05, 3.63) is 11.3 Å². The van der Waals surface area contributed by atoms with Crippen LogP contribution in [0.25, 0.3) is 0 Å².